The highest BCUT2D eigenvalue weighted by Crippen LogP contribution is 2.48. The van der Waals surface area contributed by atoms with Crippen molar-refractivity contribution in [3.63, 3.8) is 0 Å². The van der Waals surface area contributed by atoms with E-state index in [0.717, 1.165) is 31.8 Å². The van der Waals surface area contributed by atoms with E-state index in [-0.39, 0.29) is 6.54 Å². The molecule has 1 N–H and O–H groups in total. The van der Waals surface area contributed by atoms with E-state index in [1.807, 2.05) is 6.07 Å². The molecule has 2 atom stereocenters. The number of fused-ring (bicyclic) bond motifs is 3. The van der Waals surface area contributed by atoms with Crippen molar-refractivity contribution in [2.45, 2.75) is 38.5 Å². The van der Waals surface area contributed by atoms with Crippen molar-refractivity contribution in [1.82, 2.24) is 5.32 Å². The number of ether oxygens (including phenoxy) is 1. The molecular formula is C22H25N3O2. The van der Waals surface area contributed by atoms with Crippen LogP contribution in [0.5, 0.6) is 0 Å². The van der Waals surface area contributed by atoms with Crippen LogP contribution in [-0.2, 0) is 17.9 Å². The Labute approximate surface area is 159 Å². The average molecular weight is 363 g/mol. The Morgan fingerprint density at radius 3 is 3.07 bits per heavy atom. The highest BCUT2D eigenvalue weighted by atomic mass is 16.5. The van der Waals surface area contributed by atoms with Crippen molar-refractivity contribution < 1.29 is 4.74 Å². The van der Waals surface area contributed by atoms with E-state index in [1.165, 1.54) is 39.9 Å². The van der Waals surface area contributed by atoms with Crippen molar-refractivity contribution in [1.29, 1.82) is 0 Å². The van der Waals surface area contributed by atoms with Crippen LogP contribution in [0.3, 0.4) is 0 Å². The van der Waals surface area contributed by atoms with Gasteiger partial charge in [-0.3, -0.25) is 0 Å². The van der Waals surface area contributed by atoms with Gasteiger partial charge in [0.25, 0.3) is 0 Å². The maximum atomic E-state index is 10.6. The number of hydrogen-bond acceptors (Lipinski definition) is 5. The van der Waals surface area contributed by atoms with Crippen molar-refractivity contribution >= 4 is 5.69 Å². The lowest BCUT2D eigenvalue weighted by atomic mass is 9.87. The second-order valence-electron chi connectivity index (χ2n) is 7.92. The molecule has 0 aromatic heterocycles. The summed E-state index contributed by atoms with van der Waals surface area (Å²) in [5.74, 6) is 0.560. The first-order valence-corrected chi connectivity index (χ1v) is 9.87. The molecule has 5 rings (SSSR count). The number of rotatable bonds is 3. The second kappa shape index (κ2) is 6.73. The Morgan fingerprint density at radius 1 is 1.30 bits per heavy atom. The van der Waals surface area contributed by atoms with Crippen LogP contribution in [0, 0.1) is 11.8 Å². The van der Waals surface area contributed by atoms with Crippen LogP contribution in [0.1, 0.15) is 34.6 Å². The fourth-order valence-corrected chi connectivity index (χ4v) is 5.16. The number of nitrogens with one attached hydrogen (secondary N) is 1. The summed E-state index contributed by atoms with van der Waals surface area (Å²) in [6.07, 6.45) is 1.19. The number of anilines is 1. The minimum atomic E-state index is 0.231. The summed E-state index contributed by atoms with van der Waals surface area (Å²) < 4.78 is 5.93. The number of benzene rings is 2. The van der Waals surface area contributed by atoms with Gasteiger partial charge in [-0.15, -0.1) is 0 Å². The van der Waals surface area contributed by atoms with Gasteiger partial charge in [0.2, 0.25) is 0 Å². The molecule has 0 bridgehead atoms. The zero-order valence-electron chi connectivity index (χ0n) is 15.7. The smallest absolute Gasteiger partial charge is 0.106 e. The Morgan fingerprint density at radius 2 is 2.22 bits per heavy atom. The van der Waals surface area contributed by atoms with E-state index >= 15 is 0 Å². The van der Waals surface area contributed by atoms with Crippen molar-refractivity contribution in [3.8, 4) is 11.1 Å². The van der Waals surface area contributed by atoms with Crippen molar-refractivity contribution in [2.24, 2.45) is 5.18 Å². The van der Waals surface area contributed by atoms with Gasteiger partial charge in [-0.25, -0.2) is 0 Å². The van der Waals surface area contributed by atoms with Gasteiger partial charge in [0.05, 0.1) is 13.2 Å². The fourth-order valence-electron chi connectivity index (χ4n) is 5.16. The van der Waals surface area contributed by atoms with Crippen molar-refractivity contribution in [2.75, 3.05) is 31.1 Å². The molecule has 3 aliphatic rings. The molecule has 1 saturated heterocycles. The molecular weight excluding hydrogens is 338 g/mol. The lowest BCUT2D eigenvalue weighted by Gasteiger charge is -2.33. The summed E-state index contributed by atoms with van der Waals surface area (Å²) >= 11 is 0. The van der Waals surface area contributed by atoms with E-state index < -0.39 is 0 Å². The average Bonchev–Trinajstić information content (AvgIpc) is 2.84. The molecule has 3 aliphatic heterocycles. The molecule has 0 aliphatic carbocycles. The minimum Gasteiger partial charge on any atom is -0.375 e. The molecule has 2 aromatic carbocycles. The Hall–Kier alpha value is -2.24. The topological polar surface area (TPSA) is 53.9 Å². The maximum Gasteiger partial charge on any atom is 0.106 e. The van der Waals surface area contributed by atoms with Crippen LogP contribution in [-0.4, -0.2) is 32.3 Å². The number of aryl methyl sites for hydroxylation is 1. The number of nitrogens with zero attached hydrogens (tertiary/aromatic N) is 2. The molecule has 1 fully saturated rings. The molecule has 0 saturated carbocycles. The quantitative estimate of drug-likeness (QED) is 0.845. The summed E-state index contributed by atoms with van der Waals surface area (Å²) in [6, 6.07) is 11.5. The minimum absolute atomic E-state index is 0.231. The summed E-state index contributed by atoms with van der Waals surface area (Å²) in [7, 11) is 0. The van der Waals surface area contributed by atoms with Crippen LogP contribution >= 0.6 is 0 Å². The van der Waals surface area contributed by atoms with Gasteiger partial charge in [0.15, 0.2) is 0 Å². The summed E-state index contributed by atoms with van der Waals surface area (Å²) in [5, 5.41) is 6.61. The third-order valence-electron chi connectivity index (χ3n) is 6.33. The molecule has 27 heavy (non-hydrogen) atoms. The predicted molar refractivity (Wildman–Crippen MR) is 107 cm³/mol. The largest absolute Gasteiger partial charge is 0.375 e. The third kappa shape index (κ3) is 2.77. The molecule has 140 valence electrons. The van der Waals surface area contributed by atoms with Crippen LogP contribution in [0.25, 0.3) is 11.1 Å². The fraction of sp³-hybridized carbons (Fsp3) is 0.455. The first kappa shape index (κ1) is 16.9. The molecule has 5 nitrogen and oxygen atoms in total. The molecule has 0 radical (unpaired) electrons. The van der Waals surface area contributed by atoms with E-state index in [1.54, 1.807) is 0 Å². The summed E-state index contributed by atoms with van der Waals surface area (Å²) in [5.41, 5.74) is 8.85. The van der Waals surface area contributed by atoms with Gasteiger partial charge in [-0.1, -0.05) is 23.4 Å². The monoisotopic (exact) mass is 363 g/mol. The standard InChI is InChI=1S/C22H25N3O2/c1-14-8-15(11-24-26)2-3-18(14)16-9-17-13-27-7-6-25-21-4-5-23-12-20(21)19(10-16)22(17)25/h2-3,8-10,20-21,23H,4-7,11-13H2,1H3. The van der Waals surface area contributed by atoms with Crippen molar-refractivity contribution in [3.05, 3.63) is 57.5 Å². The van der Waals surface area contributed by atoms with E-state index in [9.17, 15) is 4.91 Å². The SMILES string of the molecule is Cc1cc(CN=O)ccc1-c1cc2c3c(c1)C1CNCCC1N3CCOC2. The lowest BCUT2D eigenvalue weighted by Crippen LogP contribution is -2.44. The van der Waals surface area contributed by atoms with Crippen LogP contribution in [0.4, 0.5) is 5.69 Å². The maximum absolute atomic E-state index is 10.6. The highest BCUT2D eigenvalue weighted by molar-refractivity contribution is 5.77. The van der Waals surface area contributed by atoms with E-state index in [2.05, 4.69) is 46.6 Å². The normalized spacial score (nSPS) is 23.5. The summed E-state index contributed by atoms with van der Waals surface area (Å²) in [6.45, 7) is 6.98. The molecule has 2 aromatic rings. The number of piperidine rings is 1. The summed E-state index contributed by atoms with van der Waals surface area (Å²) in [4.78, 5) is 13.2. The zero-order valence-corrected chi connectivity index (χ0v) is 15.7. The van der Waals surface area contributed by atoms with Crippen LogP contribution in [0.15, 0.2) is 35.5 Å². The molecule has 0 amide bonds. The van der Waals surface area contributed by atoms with Crippen LogP contribution in [0.2, 0.25) is 0 Å². The lowest BCUT2D eigenvalue weighted by molar-refractivity contribution is 0.130. The number of nitroso groups, excluding NO2 is 1. The highest BCUT2D eigenvalue weighted by Gasteiger charge is 2.41. The van der Waals surface area contributed by atoms with Gasteiger partial charge in [0.1, 0.15) is 6.54 Å². The Bertz CT molecular complexity index is 895. The molecule has 3 heterocycles. The predicted octanol–water partition coefficient (Wildman–Crippen LogP) is 3.72. The van der Waals surface area contributed by atoms with Gasteiger partial charge >= 0.3 is 0 Å². The van der Waals surface area contributed by atoms with Gasteiger partial charge in [-0.2, -0.15) is 4.91 Å². The Balaban J connectivity index is 1.63. The van der Waals surface area contributed by atoms with E-state index in [0.29, 0.717) is 18.6 Å². The first-order valence-electron chi connectivity index (χ1n) is 9.87. The molecule has 0 spiro atoms. The first-order chi connectivity index (χ1) is 13.3. The van der Waals surface area contributed by atoms with Gasteiger partial charge in [-0.05, 0) is 59.8 Å². The second-order valence-corrected chi connectivity index (χ2v) is 7.92. The van der Waals surface area contributed by atoms with Gasteiger partial charge < -0.3 is 15.0 Å². The van der Waals surface area contributed by atoms with E-state index in [4.69, 9.17) is 4.74 Å². The third-order valence-corrected chi connectivity index (χ3v) is 6.33. The number of hydrogen-bond donors (Lipinski definition) is 1. The molecule has 5 heteroatoms. The van der Waals surface area contributed by atoms with Crippen LogP contribution < -0.4 is 10.2 Å². The molecule has 2 unspecified atom stereocenters. The van der Waals surface area contributed by atoms with Gasteiger partial charge in [0, 0.05) is 36.3 Å². The Kier molecular flexibility index (Phi) is 4.21. The zero-order chi connectivity index (χ0) is 18.4.